The monoisotopic (exact) mass is 339 g/mol. The van der Waals surface area contributed by atoms with Crippen LogP contribution in [0.3, 0.4) is 0 Å². The minimum atomic E-state index is -4.47. The molecule has 0 N–H and O–H groups in total. The second-order valence-corrected chi connectivity index (χ2v) is 4.58. The van der Waals surface area contributed by atoms with E-state index in [2.05, 4.69) is 5.16 Å². The molecule has 0 saturated heterocycles. The van der Waals surface area contributed by atoms with Crippen molar-refractivity contribution in [1.82, 2.24) is 0 Å². The molecule has 24 heavy (non-hydrogen) atoms. The molecule has 0 saturated carbocycles. The van der Waals surface area contributed by atoms with Crippen molar-refractivity contribution < 1.29 is 27.5 Å². The van der Waals surface area contributed by atoms with Crippen LogP contribution in [0.25, 0.3) is 0 Å². The van der Waals surface area contributed by atoms with Crippen molar-refractivity contribution in [3.63, 3.8) is 0 Å². The summed E-state index contributed by atoms with van der Waals surface area (Å²) in [7, 11) is 0. The maximum Gasteiger partial charge on any atom is 0.419 e. The summed E-state index contributed by atoms with van der Waals surface area (Å²) in [6.45, 7) is 2.51. The highest BCUT2D eigenvalue weighted by Crippen LogP contribution is 2.38. The summed E-state index contributed by atoms with van der Waals surface area (Å²) in [5, 5.41) is 3.63. The first-order valence-corrected chi connectivity index (χ1v) is 7.21. The first kappa shape index (κ1) is 17.7. The fourth-order valence-electron chi connectivity index (χ4n) is 1.81. The van der Waals surface area contributed by atoms with Gasteiger partial charge in [-0.2, -0.15) is 13.2 Å². The van der Waals surface area contributed by atoms with Gasteiger partial charge in [0.2, 0.25) is 0 Å². The summed E-state index contributed by atoms with van der Waals surface area (Å²) in [6, 6.07) is 11.3. The van der Waals surface area contributed by atoms with Crippen LogP contribution < -0.4 is 9.47 Å². The predicted octanol–water partition coefficient (Wildman–Crippen LogP) is 4.90. The zero-order valence-corrected chi connectivity index (χ0v) is 12.9. The Hall–Kier alpha value is -2.70. The van der Waals surface area contributed by atoms with E-state index in [1.807, 2.05) is 6.92 Å². The molecule has 0 heterocycles. The number of ether oxygens (including phenoxy) is 2. The van der Waals surface area contributed by atoms with Crippen molar-refractivity contribution in [2.24, 2.45) is 5.16 Å². The van der Waals surface area contributed by atoms with Crippen molar-refractivity contribution in [2.45, 2.75) is 13.1 Å². The van der Waals surface area contributed by atoms with Gasteiger partial charge in [0, 0.05) is 0 Å². The predicted molar refractivity (Wildman–Crippen MR) is 83.6 cm³/mol. The Labute approximate surface area is 137 Å². The molecular weight excluding hydrogens is 323 g/mol. The lowest BCUT2D eigenvalue weighted by molar-refractivity contribution is -0.138. The van der Waals surface area contributed by atoms with Crippen molar-refractivity contribution >= 4 is 6.21 Å². The van der Waals surface area contributed by atoms with Crippen LogP contribution >= 0.6 is 0 Å². The van der Waals surface area contributed by atoms with Gasteiger partial charge in [-0.3, -0.25) is 0 Å². The standard InChI is InChI=1S/C17H16F3NO3/c1-2-23-21-11-12-22-13-7-9-14(10-8-13)24-16-6-4-3-5-15(16)17(18,19)20/h3-11H,2,12H2,1H3/b21-11+. The van der Waals surface area contributed by atoms with Crippen LogP contribution in [0.5, 0.6) is 17.2 Å². The summed E-state index contributed by atoms with van der Waals surface area (Å²) in [6.07, 6.45) is -3.01. The Balaban J connectivity index is 2.00. The number of hydrogen-bond donors (Lipinski definition) is 0. The lowest BCUT2D eigenvalue weighted by Crippen LogP contribution is -2.06. The quantitative estimate of drug-likeness (QED) is 0.532. The minimum absolute atomic E-state index is 0.219. The van der Waals surface area contributed by atoms with Crippen LogP contribution in [-0.2, 0) is 11.0 Å². The maximum atomic E-state index is 12.9. The molecule has 128 valence electrons. The van der Waals surface area contributed by atoms with Gasteiger partial charge in [-0.1, -0.05) is 17.3 Å². The number of benzene rings is 2. The maximum absolute atomic E-state index is 12.9. The van der Waals surface area contributed by atoms with Gasteiger partial charge >= 0.3 is 6.18 Å². The van der Waals surface area contributed by atoms with Crippen molar-refractivity contribution in [1.29, 1.82) is 0 Å². The molecule has 0 aliphatic rings. The number of oxime groups is 1. The van der Waals surface area contributed by atoms with E-state index in [0.29, 0.717) is 12.4 Å². The van der Waals surface area contributed by atoms with E-state index < -0.39 is 11.7 Å². The normalized spacial score (nSPS) is 11.5. The summed E-state index contributed by atoms with van der Waals surface area (Å²) < 4.78 is 49.5. The second kappa shape index (κ2) is 8.24. The highest BCUT2D eigenvalue weighted by Gasteiger charge is 2.34. The Bertz CT molecular complexity index is 670. The largest absolute Gasteiger partial charge is 0.488 e. The molecular formula is C17H16F3NO3. The number of halogens is 3. The summed E-state index contributed by atoms with van der Waals surface area (Å²) in [5.41, 5.74) is -0.822. The SMILES string of the molecule is CCO/N=C/COc1ccc(Oc2ccccc2C(F)(F)F)cc1. The average Bonchev–Trinajstić information content (AvgIpc) is 2.56. The topological polar surface area (TPSA) is 40.0 Å². The van der Waals surface area contributed by atoms with Gasteiger partial charge in [0.15, 0.2) is 0 Å². The third-order valence-electron chi connectivity index (χ3n) is 2.85. The molecule has 2 rings (SSSR count). The fourth-order valence-corrected chi connectivity index (χ4v) is 1.81. The van der Waals surface area contributed by atoms with Gasteiger partial charge in [-0.25, -0.2) is 0 Å². The molecule has 0 aliphatic carbocycles. The van der Waals surface area contributed by atoms with E-state index in [-0.39, 0.29) is 18.1 Å². The molecule has 7 heteroatoms. The number of nitrogens with zero attached hydrogens (tertiary/aromatic N) is 1. The van der Waals surface area contributed by atoms with Crippen LogP contribution in [-0.4, -0.2) is 19.4 Å². The van der Waals surface area contributed by atoms with E-state index in [0.717, 1.165) is 6.07 Å². The van der Waals surface area contributed by atoms with Crippen LogP contribution in [0.15, 0.2) is 53.7 Å². The number of alkyl halides is 3. The molecule has 0 bridgehead atoms. The Morgan fingerprint density at radius 3 is 2.33 bits per heavy atom. The highest BCUT2D eigenvalue weighted by molar-refractivity contribution is 5.58. The lowest BCUT2D eigenvalue weighted by Gasteiger charge is -2.13. The van der Waals surface area contributed by atoms with Crippen LogP contribution in [0.4, 0.5) is 13.2 Å². The smallest absolute Gasteiger partial charge is 0.419 e. The molecule has 2 aromatic carbocycles. The molecule has 0 fully saturated rings. The van der Waals surface area contributed by atoms with E-state index >= 15 is 0 Å². The minimum Gasteiger partial charge on any atom is -0.488 e. The number of rotatable bonds is 7. The van der Waals surface area contributed by atoms with Gasteiger partial charge in [-0.05, 0) is 43.3 Å². The zero-order chi connectivity index (χ0) is 17.4. The van der Waals surface area contributed by atoms with Crippen LogP contribution in [0, 0.1) is 0 Å². The Morgan fingerprint density at radius 2 is 1.67 bits per heavy atom. The van der Waals surface area contributed by atoms with E-state index in [1.54, 1.807) is 12.1 Å². The Morgan fingerprint density at radius 1 is 1.00 bits per heavy atom. The van der Waals surface area contributed by atoms with Crippen LogP contribution in [0.2, 0.25) is 0 Å². The summed E-state index contributed by atoms with van der Waals surface area (Å²) >= 11 is 0. The van der Waals surface area contributed by atoms with Crippen molar-refractivity contribution in [2.75, 3.05) is 13.2 Å². The fraction of sp³-hybridized carbons (Fsp3) is 0.235. The molecule has 0 atom stereocenters. The first-order valence-electron chi connectivity index (χ1n) is 7.21. The van der Waals surface area contributed by atoms with Gasteiger partial charge in [0.05, 0.1) is 11.8 Å². The molecule has 0 radical (unpaired) electrons. The molecule has 0 spiro atoms. The van der Waals surface area contributed by atoms with E-state index in [1.165, 1.54) is 36.5 Å². The third-order valence-corrected chi connectivity index (χ3v) is 2.85. The molecule has 4 nitrogen and oxygen atoms in total. The highest BCUT2D eigenvalue weighted by atomic mass is 19.4. The summed E-state index contributed by atoms with van der Waals surface area (Å²) in [5.74, 6) is 0.568. The average molecular weight is 339 g/mol. The van der Waals surface area contributed by atoms with Gasteiger partial charge in [0.1, 0.15) is 30.5 Å². The molecule has 0 aromatic heterocycles. The van der Waals surface area contributed by atoms with Crippen molar-refractivity contribution in [3.8, 4) is 17.2 Å². The van der Waals surface area contributed by atoms with Gasteiger partial charge in [-0.15, -0.1) is 0 Å². The van der Waals surface area contributed by atoms with E-state index in [4.69, 9.17) is 14.3 Å². The molecule has 0 aliphatic heterocycles. The van der Waals surface area contributed by atoms with Gasteiger partial charge < -0.3 is 14.3 Å². The third kappa shape index (κ3) is 5.19. The Kier molecular flexibility index (Phi) is 6.06. The first-order chi connectivity index (χ1) is 11.5. The van der Waals surface area contributed by atoms with Crippen molar-refractivity contribution in [3.05, 3.63) is 54.1 Å². The molecule has 0 amide bonds. The van der Waals surface area contributed by atoms with E-state index in [9.17, 15) is 13.2 Å². The van der Waals surface area contributed by atoms with Gasteiger partial charge in [0.25, 0.3) is 0 Å². The van der Waals surface area contributed by atoms with Crippen LogP contribution in [0.1, 0.15) is 12.5 Å². The lowest BCUT2D eigenvalue weighted by atomic mass is 10.2. The number of para-hydroxylation sites is 1. The zero-order valence-electron chi connectivity index (χ0n) is 12.9. The molecule has 2 aromatic rings. The molecule has 0 unspecified atom stereocenters. The summed E-state index contributed by atoms with van der Waals surface area (Å²) in [4.78, 5) is 4.77. The number of hydrogen-bond acceptors (Lipinski definition) is 4. The second-order valence-electron chi connectivity index (χ2n) is 4.58.